The van der Waals surface area contributed by atoms with Gasteiger partial charge in [0.1, 0.15) is 11.2 Å². The van der Waals surface area contributed by atoms with Gasteiger partial charge in [-0.05, 0) is 64.7 Å². The van der Waals surface area contributed by atoms with E-state index in [4.69, 9.17) is 4.42 Å². The Morgan fingerprint density at radius 2 is 1.19 bits per heavy atom. The van der Waals surface area contributed by atoms with Crippen molar-refractivity contribution in [2.75, 3.05) is 4.90 Å². The number of fused-ring (bicyclic) bond motifs is 6. The molecule has 3 nitrogen and oxygen atoms in total. The van der Waals surface area contributed by atoms with E-state index in [1.807, 2.05) is 42.5 Å². The van der Waals surface area contributed by atoms with Crippen LogP contribution in [-0.4, -0.2) is 0 Å². The summed E-state index contributed by atoms with van der Waals surface area (Å²) < 4.78 is 6.50. The maximum Gasteiger partial charge on any atom is 0.138 e. The normalized spacial score (nSPS) is 11.3. The lowest BCUT2D eigenvalue weighted by Gasteiger charge is -2.27. The van der Waals surface area contributed by atoms with Crippen molar-refractivity contribution >= 4 is 60.5 Å². The molecule has 7 rings (SSSR count). The topological polar surface area (TPSA) is 40.2 Å². The first-order valence-electron chi connectivity index (χ1n) is 11.9. The Morgan fingerprint density at radius 3 is 1.94 bits per heavy atom. The molecule has 168 valence electrons. The lowest BCUT2D eigenvalue weighted by molar-refractivity contribution is 0.670. The summed E-state index contributed by atoms with van der Waals surface area (Å²) in [5.74, 6) is 0. The third-order valence-electron chi connectivity index (χ3n) is 6.83. The molecule has 0 bridgehead atoms. The minimum Gasteiger partial charge on any atom is -0.456 e. The third kappa shape index (κ3) is 3.13. The van der Waals surface area contributed by atoms with Crippen molar-refractivity contribution in [2.24, 2.45) is 0 Å². The van der Waals surface area contributed by atoms with Crippen LogP contribution in [0.15, 0.2) is 126 Å². The maximum atomic E-state index is 9.32. The highest BCUT2D eigenvalue weighted by molar-refractivity contribution is 6.23. The maximum absolute atomic E-state index is 9.32. The fraction of sp³-hybridized carbons (Fsp3) is 0. The van der Waals surface area contributed by atoms with Gasteiger partial charge in [0.15, 0.2) is 0 Å². The quantitative estimate of drug-likeness (QED) is 0.264. The molecular weight excluding hydrogens is 440 g/mol. The molecule has 36 heavy (non-hydrogen) atoms. The van der Waals surface area contributed by atoms with Gasteiger partial charge in [-0.25, -0.2) is 0 Å². The van der Waals surface area contributed by atoms with Crippen LogP contribution in [0, 0.1) is 11.3 Å². The summed E-state index contributed by atoms with van der Waals surface area (Å²) in [5, 5.41) is 16.2. The van der Waals surface area contributed by atoms with E-state index in [1.54, 1.807) is 0 Å². The summed E-state index contributed by atoms with van der Waals surface area (Å²) in [7, 11) is 0. The first-order valence-corrected chi connectivity index (χ1v) is 11.9. The number of para-hydroxylation sites is 1. The molecule has 0 aliphatic heterocycles. The fourth-order valence-electron chi connectivity index (χ4n) is 5.18. The van der Waals surface area contributed by atoms with Crippen molar-refractivity contribution in [3.05, 3.63) is 127 Å². The van der Waals surface area contributed by atoms with Crippen molar-refractivity contribution in [3.63, 3.8) is 0 Å². The minimum absolute atomic E-state index is 0.636. The van der Waals surface area contributed by atoms with Crippen LogP contribution in [0.3, 0.4) is 0 Å². The molecule has 0 atom stereocenters. The molecule has 7 aromatic rings. The van der Waals surface area contributed by atoms with Crippen molar-refractivity contribution in [2.45, 2.75) is 0 Å². The van der Waals surface area contributed by atoms with Gasteiger partial charge in [-0.3, -0.25) is 0 Å². The number of hydrogen-bond donors (Lipinski definition) is 0. The van der Waals surface area contributed by atoms with Crippen molar-refractivity contribution < 1.29 is 4.42 Å². The van der Waals surface area contributed by atoms with E-state index in [2.05, 4.69) is 89.8 Å². The Labute approximate surface area is 208 Å². The first kappa shape index (κ1) is 20.3. The zero-order valence-corrected chi connectivity index (χ0v) is 19.3. The van der Waals surface area contributed by atoms with Gasteiger partial charge in [-0.1, -0.05) is 66.7 Å². The molecule has 0 aliphatic carbocycles. The Hall–Kier alpha value is -5.07. The number of anilines is 3. The average Bonchev–Trinajstić information content (AvgIpc) is 3.30. The SMILES string of the molecule is N#Cc1ccc(N(c2ccccc2)c2cc3oc4cc5ccccc5cc4c3c3ccccc23)cc1. The standard InChI is InChI=1S/C33H20N2O/c34-21-22-14-16-26(17-15-22)35(25-10-2-1-3-11-25)30-20-32-33(28-13-7-6-12-27(28)30)29-18-23-8-4-5-9-24(23)19-31(29)36-32/h1-20H. The zero-order chi connectivity index (χ0) is 24.1. The second-order valence-electron chi connectivity index (χ2n) is 8.94. The van der Waals surface area contributed by atoms with Gasteiger partial charge in [0, 0.05) is 33.6 Å². The third-order valence-corrected chi connectivity index (χ3v) is 6.83. The number of benzene rings is 6. The smallest absolute Gasteiger partial charge is 0.138 e. The molecule has 1 aromatic heterocycles. The van der Waals surface area contributed by atoms with Crippen LogP contribution in [0.4, 0.5) is 17.1 Å². The molecule has 0 aliphatic rings. The fourth-order valence-corrected chi connectivity index (χ4v) is 5.18. The molecule has 1 heterocycles. The second kappa shape index (κ2) is 8.01. The molecule has 0 saturated heterocycles. The number of nitrogens with zero attached hydrogens (tertiary/aromatic N) is 2. The molecule has 3 heteroatoms. The molecule has 0 unspecified atom stereocenters. The Balaban J connectivity index is 1.57. The summed E-state index contributed by atoms with van der Waals surface area (Å²) in [6.45, 7) is 0. The van der Waals surface area contributed by atoms with Crippen molar-refractivity contribution in [1.82, 2.24) is 0 Å². The zero-order valence-electron chi connectivity index (χ0n) is 19.3. The highest BCUT2D eigenvalue weighted by Crippen LogP contribution is 2.44. The highest BCUT2D eigenvalue weighted by Gasteiger charge is 2.20. The van der Waals surface area contributed by atoms with Gasteiger partial charge >= 0.3 is 0 Å². The largest absolute Gasteiger partial charge is 0.456 e. The average molecular weight is 461 g/mol. The van der Waals surface area contributed by atoms with Gasteiger partial charge in [0.05, 0.1) is 17.3 Å². The Bertz CT molecular complexity index is 1940. The van der Waals surface area contributed by atoms with Crippen molar-refractivity contribution in [3.8, 4) is 6.07 Å². The van der Waals surface area contributed by atoms with Crippen LogP contribution < -0.4 is 4.90 Å². The van der Waals surface area contributed by atoms with Gasteiger partial charge < -0.3 is 9.32 Å². The molecule has 6 aromatic carbocycles. The van der Waals surface area contributed by atoms with E-state index >= 15 is 0 Å². The monoisotopic (exact) mass is 460 g/mol. The van der Waals surface area contributed by atoms with Crippen LogP contribution in [-0.2, 0) is 0 Å². The molecule has 0 amide bonds. The molecule has 0 saturated carbocycles. The Morgan fingerprint density at radius 1 is 0.556 bits per heavy atom. The molecule has 0 N–H and O–H groups in total. The molecule has 0 spiro atoms. The summed E-state index contributed by atoms with van der Waals surface area (Å²) >= 11 is 0. The van der Waals surface area contributed by atoms with E-state index < -0.39 is 0 Å². The van der Waals surface area contributed by atoms with Crippen LogP contribution in [0.25, 0.3) is 43.5 Å². The van der Waals surface area contributed by atoms with E-state index in [9.17, 15) is 5.26 Å². The molecular formula is C33H20N2O. The number of hydrogen-bond acceptors (Lipinski definition) is 3. The van der Waals surface area contributed by atoms with Crippen LogP contribution in [0.5, 0.6) is 0 Å². The lowest BCUT2D eigenvalue weighted by atomic mass is 9.99. The van der Waals surface area contributed by atoms with E-state index in [0.29, 0.717) is 5.56 Å². The predicted molar refractivity (Wildman–Crippen MR) is 148 cm³/mol. The highest BCUT2D eigenvalue weighted by atomic mass is 16.3. The van der Waals surface area contributed by atoms with E-state index in [0.717, 1.165) is 55.2 Å². The first-order chi connectivity index (χ1) is 17.8. The summed E-state index contributed by atoms with van der Waals surface area (Å²) in [4.78, 5) is 2.23. The van der Waals surface area contributed by atoms with E-state index in [1.165, 1.54) is 5.39 Å². The summed E-state index contributed by atoms with van der Waals surface area (Å²) in [6, 6.07) is 43.6. The molecule has 0 radical (unpaired) electrons. The van der Waals surface area contributed by atoms with Gasteiger partial charge in [-0.15, -0.1) is 0 Å². The van der Waals surface area contributed by atoms with Crippen LogP contribution in [0.1, 0.15) is 5.56 Å². The molecule has 0 fully saturated rings. The van der Waals surface area contributed by atoms with Gasteiger partial charge in [0.2, 0.25) is 0 Å². The number of nitriles is 1. The van der Waals surface area contributed by atoms with Gasteiger partial charge in [0.25, 0.3) is 0 Å². The summed E-state index contributed by atoms with van der Waals surface area (Å²) in [6.07, 6.45) is 0. The minimum atomic E-state index is 0.636. The van der Waals surface area contributed by atoms with E-state index in [-0.39, 0.29) is 0 Å². The predicted octanol–water partition coefficient (Wildman–Crippen LogP) is 9.23. The lowest BCUT2D eigenvalue weighted by Crippen LogP contribution is -2.10. The van der Waals surface area contributed by atoms with Crippen LogP contribution >= 0.6 is 0 Å². The second-order valence-corrected chi connectivity index (χ2v) is 8.94. The number of furan rings is 1. The number of rotatable bonds is 3. The van der Waals surface area contributed by atoms with Crippen molar-refractivity contribution in [1.29, 1.82) is 5.26 Å². The van der Waals surface area contributed by atoms with Crippen LogP contribution in [0.2, 0.25) is 0 Å². The summed E-state index contributed by atoms with van der Waals surface area (Å²) in [5.41, 5.74) is 5.41. The van der Waals surface area contributed by atoms with Gasteiger partial charge in [-0.2, -0.15) is 5.26 Å². The Kier molecular flexibility index (Phi) is 4.52.